The standard InChI is InChI=1S/C15H17N3O2S/c1-11(19)17-18-14(20)10-16-15(13-8-5-9-21-13)12-6-3-2-4-7-12/h2-9,15-16H,10H2,1H3,(H,17,19)(H,18,20)/p+1/t15-/m0/s1. The van der Waals surface area contributed by atoms with E-state index < -0.39 is 0 Å². The summed E-state index contributed by atoms with van der Waals surface area (Å²) in [6.07, 6.45) is 0. The molecule has 0 unspecified atom stereocenters. The Labute approximate surface area is 127 Å². The van der Waals surface area contributed by atoms with E-state index in [1.54, 1.807) is 11.3 Å². The fourth-order valence-electron chi connectivity index (χ4n) is 1.98. The number of rotatable bonds is 5. The Morgan fingerprint density at radius 3 is 2.52 bits per heavy atom. The zero-order valence-electron chi connectivity index (χ0n) is 11.7. The number of nitrogens with two attached hydrogens (primary N) is 1. The third-order valence-corrected chi connectivity index (χ3v) is 3.88. The predicted octanol–water partition coefficient (Wildman–Crippen LogP) is 0.568. The molecule has 0 radical (unpaired) electrons. The van der Waals surface area contributed by atoms with Gasteiger partial charge in [0, 0.05) is 12.5 Å². The molecule has 21 heavy (non-hydrogen) atoms. The summed E-state index contributed by atoms with van der Waals surface area (Å²) in [4.78, 5) is 23.6. The molecule has 4 N–H and O–H groups in total. The van der Waals surface area contributed by atoms with Crippen LogP contribution in [-0.2, 0) is 9.59 Å². The van der Waals surface area contributed by atoms with Crippen LogP contribution in [0.2, 0.25) is 0 Å². The van der Waals surface area contributed by atoms with Crippen LogP contribution in [0.4, 0.5) is 0 Å². The van der Waals surface area contributed by atoms with Crippen molar-refractivity contribution < 1.29 is 14.9 Å². The van der Waals surface area contributed by atoms with Gasteiger partial charge < -0.3 is 5.32 Å². The minimum absolute atomic E-state index is 0.0780. The van der Waals surface area contributed by atoms with E-state index in [0.29, 0.717) is 0 Å². The number of thiophene rings is 1. The van der Waals surface area contributed by atoms with Crippen LogP contribution in [0, 0.1) is 0 Å². The van der Waals surface area contributed by atoms with Crippen LogP contribution < -0.4 is 16.2 Å². The normalized spacial score (nSPS) is 11.7. The van der Waals surface area contributed by atoms with Gasteiger partial charge in [0.2, 0.25) is 5.91 Å². The van der Waals surface area contributed by atoms with Crippen molar-refractivity contribution in [3.05, 3.63) is 58.3 Å². The molecule has 1 heterocycles. The number of carbonyl (C=O) groups is 2. The van der Waals surface area contributed by atoms with Gasteiger partial charge in [0.25, 0.3) is 5.91 Å². The second-order valence-electron chi connectivity index (χ2n) is 4.57. The molecule has 0 aliphatic carbocycles. The molecule has 2 rings (SSSR count). The van der Waals surface area contributed by atoms with E-state index in [4.69, 9.17) is 0 Å². The van der Waals surface area contributed by atoms with Crippen molar-refractivity contribution >= 4 is 23.2 Å². The summed E-state index contributed by atoms with van der Waals surface area (Å²) < 4.78 is 0. The topological polar surface area (TPSA) is 74.8 Å². The van der Waals surface area contributed by atoms with Crippen molar-refractivity contribution in [1.82, 2.24) is 10.9 Å². The van der Waals surface area contributed by atoms with Crippen molar-refractivity contribution in [3.63, 3.8) is 0 Å². The van der Waals surface area contributed by atoms with Crippen LogP contribution in [0.1, 0.15) is 23.4 Å². The molecule has 1 atom stereocenters. The van der Waals surface area contributed by atoms with Gasteiger partial charge in [0.05, 0.1) is 4.88 Å². The van der Waals surface area contributed by atoms with Gasteiger partial charge in [-0.05, 0) is 11.4 Å². The van der Waals surface area contributed by atoms with Crippen molar-refractivity contribution in [2.24, 2.45) is 0 Å². The average molecular weight is 304 g/mol. The Kier molecular flexibility index (Phi) is 5.48. The first-order valence-corrected chi connectivity index (χ1v) is 7.52. The molecule has 1 aromatic carbocycles. The van der Waals surface area contributed by atoms with E-state index in [-0.39, 0.29) is 24.4 Å². The third kappa shape index (κ3) is 4.70. The van der Waals surface area contributed by atoms with Crippen LogP contribution in [0.15, 0.2) is 47.8 Å². The van der Waals surface area contributed by atoms with Gasteiger partial charge in [-0.25, -0.2) is 0 Å². The van der Waals surface area contributed by atoms with Crippen molar-refractivity contribution in [3.8, 4) is 0 Å². The minimum Gasteiger partial charge on any atom is -0.328 e. The minimum atomic E-state index is -0.291. The van der Waals surface area contributed by atoms with Gasteiger partial charge in [-0.3, -0.25) is 20.4 Å². The van der Waals surface area contributed by atoms with E-state index in [2.05, 4.69) is 16.9 Å². The SMILES string of the molecule is CC(=O)NNC(=O)C[NH2+][C@@H](c1ccccc1)c1cccs1. The number of carbonyl (C=O) groups excluding carboxylic acids is 2. The molecule has 0 saturated carbocycles. The largest absolute Gasteiger partial charge is 0.328 e. The fourth-order valence-corrected chi connectivity index (χ4v) is 2.83. The lowest BCUT2D eigenvalue weighted by Crippen LogP contribution is -2.88. The number of quaternary nitrogens is 1. The molecule has 0 aliphatic heterocycles. The fraction of sp³-hybridized carbons (Fsp3) is 0.200. The van der Waals surface area contributed by atoms with Gasteiger partial charge in [0.1, 0.15) is 6.04 Å². The molecule has 5 nitrogen and oxygen atoms in total. The van der Waals surface area contributed by atoms with Crippen molar-refractivity contribution in [2.45, 2.75) is 13.0 Å². The highest BCUT2D eigenvalue weighted by atomic mass is 32.1. The smallest absolute Gasteiger partial charge is 0.293 e. The molecule has 110 valence electrons. The summed E-state index contributed by atoms with van der Waals surface area (Å²) in [6, 6.07) is 14.2. The summed E-state index contributed by atoms with van der Waals surface area (Å²) in [6.45, 7) is 1.58. The van der Waals surface area contributed by atoms with Gasteiger partial charge in [0.15, 0.2) is 6.54 Å². The van der Waals surface area contributed by atoms with E-state index >= 15 is 0 Å². The quantitative estimate of drug-likeness (QED) is 0.706. The molecular formula is C15H18N3O2S+. The zero-order chi connectivity index (χ0) is 15.1. The molecule has 1 aromatic heterocycles. The van der Waals surface area contributed by atoms with Gasteiger partial charge in [-0.15, -0.1) is 11.3 Å². The first-order valence-electron chi connectivity index (χ1n) is 6.64. The second-order valence-corrected chi connectivity index (χ2v) is 5.55. The number of hydrogen-bond acceptors (Lipinski definition) is 3. The molecule has 0 fully saturated rings. The maximum Gasteiger partial charge on any atom is 0.293 e. The number of hydrazine groups is 1. The van der Waals surface area contributed by atoms with E-state index in [0.717, 1.165) is 5.56 Å². The Hall–Kier alpha value is -2.18. The lowest BCUT2D eigenvalue weighted by Gasteiger charge is -2.14. The Bertz CT molecular complexity index is 584. The molecule has 0 aliphatic rings. The molecule has 2 aromatic rings. The second kappa shape index (κ2) is 7.56. The number of hydrogen-bond donors (Lipinski definition) is 3. The van der Waals surface area contributed by atoms with E-state index in [1.807, 2.05) is 47.1 Å². The summed E-state index contributed by atoms with van der Waals surface area (Å²) in [5, 5.41) is 3.98. The first-order chi connectivity index (χ1) is 10.2. The highest BCUT2D eigenvalue weighted by molar-refractivity contribution is 7.10. The molecule has 0 bridgehead atoms. The number of nitrogens with one attached hydrogen (secondary N) is 2. The lowest BCUT2D eigenvalue weighted by atomic mass is 10.1. The highest BCUT2D eigenvalue weighted by Gasteiger charge is 2.19. The monoisotopic (exact) mass is 304 g/mol. The van der Waals surface area contributed by atoms with E-state index in [9.17, 15) is 9.59 Å². The Balaban J connectivity index is 2.01. The summed E-state index contributed by atoms with van der Waals surface area (Å²) in [7, 11) is 0. The van der Waals surface area contributed by atoms with Gasteiger partial charge in [-0.2, -0.15) is 0 Å². The first kappa shape index (κ1) is 15.2. The Morgan fingerprint density at radius 1 is 1.14 bits per heavy atom. The molecular weight excluding hydrogens is 286 g/mol. The third-order valence-electron chi connectivity index (χ3n) is 2.93. The zero-order valence-corrected chi connectivity index (χ0v) is 12.5. The van der Waals surface area contributed by atoms with Gasteiger partial charge >= 0.3 is 0 Å². The predicted molar refractivity (Wildman–Crippen MR) is 81.4 cm³/mol. The number of benzene rings is 1. The van der Waals surface area contributed by atoms with Crippen molar-refractivity contribution in [2.75, 3.05) is 6.54 Å². The van der Waals surface area contributed by atoms with Crippen LogP contribution in [0.5, 0.6) is 0 Å². The summed E-state index contributed by atoms with van der Waals surface area (Å²) in [5.41, 5.74) is 5.80. The molecule has 2 amide bonds. The van der Waals surface area contributed by atoms with Crippen LogP contribution >= 0.6 is 11.3 Å². The number of amides is 2. The van der Waals surface area contributed by atoms with E-state index in [1.165, 1.54) is 11.8 Å². The lowest BCUT2D eigenvalue weighted by molar-refractivity contribution is -0.676. The molecule has 0 spiro atoms. The maximum absolute atomic E-state index is 11.7. The van der Waals surface area contributed by atoms with Crippen LogP contribution in [0.25, 0.3) is 0 Å². The van der Waals surface area contributed by atoms with Crippen LogP contribution in [-0.4, -0.2) is 18.4 Å². The summed E-state index contributed by atoms with van der Waals surface area (Å²) in [5.74, 6) is -0.524. The van der Waals surface area contributed by atoms with Crippen molar-refractivity contribution in [1.29, 1.82) is 0 Å². The summed E-state index contributed by atoms with van der Waals surface area (Å²) >= 11 is 1.66. The maximum atomic E-state index is 11.7. The molecule has 0 saturated heterocycles. The van der Waals surface area contributed by atoms with Gasteiger partial charge in [-0.1, -0.05) is 36.4 Å². The molecule has 6 heteroatoms. The van der Waals surface area contributed by atoms with Crippen LogP contribution in [0.3, 0.4) is 0 Å². The highest BCUT2D eigenvalue weighted by Crippen LogP contribution is 2.22. The Morgan fingerprint density at radius 2 is 1.90 bits per heavy atom. The average Bonchev–Trinajstić information content (AvgIpc) is 3.00.